The quantitative estimate of drug-likeness (QED) is 0.610. The van der Waals surface area contributed by atoms with Gasteiger partial charge >= 0.3 is 0 Å². The van der Waals surface area contributed by atoms with E-state index in [4.69, 9.17) is 5.73 Å². The average Bonchev–Trinajstić information content (AvgIpc) is 2.74. The Morgan fingerprint density at radius 3 is 2.65 bits per heavy atom. The Labute approximate surface area is 118 Å². The third-order valence-corrected chi connectivity index (χ3v) is 3.00. The van der Waals surface area contributed by atoms with Gasteiger partial charge in [0.25, 0.3) is 0 Å². The summed E-state index contributed by atoms with van der Waals surface area (Å²) in [5, 5.41) is 16.4. The van der Waals surface area contributed by atoms with Gasteiger partial charge < -0.3 is 21.5 Å². The van der Waals surface area contributed by atoms with Gasteiger partial charge in [0.15, 0.2) is 5.88 Å². The van der Waals surface area contributed by atoms with Gasteiger partial charge in [-0.25, -0.2) is 0 Å². The van der Waals surface area contributed by atoms with Crippen LogP contribution in [0, 0.1) is 6.92 Å². The molecule has 0 bridgehead atoms. The Hall–Kier alpha value is -2.40. The molecule has 1 heterocycles. The van der Waals surface area contributed by atoms with Crippen molar-refractivity contribution in [2.75, 3.05) is 17.2 Å². The van der Waals surface area contributed by atoms with Crippen molar-refractivity contribution in [2.45, 2.75) is 13.6 Å². The molecule has 0 aliphatic heterocycles. The van der Waals surface area contributed by atoms with Crippen LogP contribution in [0.5, 0.6) is 5.88 Å². The summed E-state index contributed by atoms with van der Waals surface area (Å²) >= 11 is 0. The number of aromatic hydroxyl groups is 1. The standard InChI is InChI=1S/C15H20N4O/c1-3-8-17-15-13(9-14(20)19(15)10-16)18-12-6-4-11(2)5-7-12/h3-7,9,17-18,20H,1,8,10,16H2,2H3. The van der Waals surface area contributed by atoms with E-state index in [0.29, 0.717) is 6.54 Å². The van der Waals surface area contributed by atoms with Crippen LogP contribution in [-0.4, -0.2) is 16.2 Å². The Bertz CT molecular complexity index is 587. The van der Waals surface area contributed by atoms with Gasteiger partial charge in [-0.15, -0.1) is 6.58 Å². The summed E-state index contributed by atoms with van der Waals surface area (Å²) < 4.78 is 1.60. The topological polar surface area (TPSA) is 75.2 Å². The molecular weight excluding hydrogens is 252 g/mol. The van der Waals surface area contributed by atoms with Crippen molar-refractivity contribution < 1.29 is 5.11 Å². The highest BCUT2D eigenvalue weighted by Gasteiger charge is 2.13. The second-order valence-corrected chi connectivity index (χ2v) is 4.54. The molecule has 0 spiro atoms. The molecule has 0 saturated heterocycles. The molecule has 0 fully saturated rings. The van der Waals surface area contributed by atoms with Gasteiger partial charge in [-0.2, -0.15) is 0 Å². The van der Waals surface area contributed by atoms with E-state index in [1.165, 1.54) is 5.56 Å². The van der Waals surface area contributed by atoms with E-state index < -0.39 is 0 Å². The first-order valence-corrected chi connectivity index (χ1v) is 6.46. The highest BCUT2D eigenvalue weighted by Crippen LogP contribution is 2.32. The summed E-state index contributed by atoms with van der Waals surface area (Å²) in [5.41, 5.74) is 8.58. The molecule has 2 rings (SSSR count). The number of hydrogen-bond acceptors (Lipinski definition) is 4. The fraction of sp³-hybridized carbons (Fsp3) is 0.200. The van der Waals surface area contributed by atoms with E-state index in [0.717, 1.165) is 17.2 Å². The fourth-order valence-corrected chi connectivity index (χ4v) is 1.97. The number of aromatic nitrogens is 1. The lowest BCUT2D eigenvalue weighted by atomic mass is 10.2. The molecule has 1 aromatic carbocycles. The first-order valence-electron chi connectivity index (χ1n) is 6.46. The summed E-state index contributed by atoms with van der Waals surface area (Å²) in [6.07, 6.45) is 1.75. The Balaban J connectivity index is 2.30. The number of anilines is 3. The number of nitrogens with zero attached hydrogens (tertiary/aromatic N) is 1. The third kappa shape index (κ3) is 2.95. The molecule has 0 atom stereocenters. The Morgan fingerprint density at radius 1 is 1.35 bits per heavy atom. The van der Waals surface area contributed by atoms with E-state index in [1.54, 1.807) is 16.7 Å². The average molecular weight is 272 g/mol. The zero-order valence-corrected chi connectivity index (χ0v) is 11.6. The van der Waals surface area contributed by atoms with Crippen molar-refractivity contribution in [1.29, 1.82) is 0 Å². The maximum Gasteiger partial charge on any atom is 0.195 e. The molecule has 0 aliphatic rings. The summed E-state index contributed by atoms with van der Waals surface area (Å²) in [5.74, 6) is 0.860. The highest BCUT2D eigenvalue weighted by atomic mass is 16.3. The van der Waals surface area contributed by atoms with E-state index in [9.17, 15) is 5.11 Å². The Kier molecular flexibility index (Phi) is 4.32. The summed E-state index contributed by atoms with van der Waals surface area (Å²) in [6, 6.07) is 9.68. The van der Waals surface area contributed by atoms with Crippen molar-refractivity contribution in [3.05, 3.63) is 48.6 Å². The molecular formula is C15H20N4O. The predicted octanol–water partition coefficient (Wildman–Crippen LogP) is 2.76. The van der Waals surface area contributed by atoms with Crippen molar-refractivity contribution >= 4 is 17.2 Å². The number of nitrogens with one attached hydrogen (secondary N) is 2. The number of rotatable bonds is 6. The van der Waals surface area contributed by atoms with Gasteiger partial charge in [0, 0.05) is 18.3 Å². The first kappa shape index (κ1) is 14.0. The molecule has 106 valence electrons. The van der Waals surface area contributed by atoms with Crippen molar-refractivity contribution in [2.24, 2.45) is 5.73 Å². The monoisotopic (exact) mass is 272 g/mol. The number of nitrogens with two attached hydrogens (primary N) is 1. The van der Waals surface area contributed by atoms with Gasteiger partial charge in [0.2, 0.25) is 0 Å². The van der Waals surface area contributed by atoms with Gasteiger partial charge in [-0.3, -0.25) is 4.57 Å². The van der Waals surface area contributed by atoms with Crippen LogP contribution < -0.4 is 16.4 Å². The lowest BCUT2D eigenvalue weighted by molar-refractivity contribution is 0.421. The van der Waals surface area contributed by atoms with Crippen LogP contribution in [0.4, 0.5) is 17.2 Å². The molecule has 0 radical (unpaired) electrons. The van der Waals surface area contributed by atoms with Crippen molar-refractivity contribution in [1.82, 2.24) is 4.57 Å². The normalized spacial score (nSPS) is 10.3. The fourth-order valence-electron chi connectivity index (χ4n) is 1.97. The van der Waals surface area contributed by atoms with Crippen LogP contribution in [0.2, 0.25) is 0 Å². The van der Waals surface area contributed by atoms with E-state index in [-0.39, 0.29) is 12.5 Å². The minimum atomic E-state index is 0.119. The van der Waals surface area contributed by atoms with Gasteiger partial charge in [0.05, 0.1) is 12.4 Å². The SMILES string of the molecule is C=CCNc1c(Nc2ccc(C)cc2)cc(O)n1CN. The zero-order chi connectivity index (χ0) is 14.5. The molecule has 5 N–H and O–H groups in total. The lowest BCUT2D eigenvalue weighted by Gasteiger charge is -2.12. The molecule has 5 nitrogen and oxygen atoms in total. The van der Waals surface area contributed by atoms with Crippen LogP contribution in [0.15, 0.2) is 43.0 Å². The minimum Gasteiger partial charge on any atom is -0.494 e. The number of hydrogen-bond donors (Lipinski definition) is 4. The summed E-state index contributed by atoms with van der Waals surface area (Å²) in [4.78, 5) is 0. The molecule has 0 amide bonds. The molecule has 0 saturated carbocycles. The summed E-state index contributed by atoms with van der Waals surface area (Å²) in [6.45, 7) is 6.50. The Morgan fingerprint density at radius 2 is 2.05 bits per heavy atom. The molecule has 0 aliphatic carbocycles. The highest BCUT2D eigenvalue weighted by molar-refractivity contribution is 5.74. The largest absolute Gasteiger partial charge is 0.494 e. The third-order valence-electron chi connectivity index (χ3n) is 3.00. The van der Waals surface area contributed by atoms with Crippen LogP contribution >= 0.6 is 0 Å². The maximum absolute atomic E-state index is 9.91. The van der Waals surface area contributed by atoms with E-state index >= 15 is 0 Å². The van der Waals surface area contributed by atoms with Crippen LogP contribution in [0.3, 0.4) is 0 Å². The van der Waals surface area contributed by atoms with Gasteiger partial charge in [-0.1, -0.05) is 23.8 Å². The molecule has 2 aromatic rings. The second-order valence-electron chi connectivity index (χ2n) is 4.54. The zero-order valence-electron chi connectivity index (χ0n) is 11.6. The summed E-state index contributed by atoms with van der Waals surface area (Å²) in [7, 11) is 0. The smallest absolute Gasteiger partial charge is 0.195 e. The molecule has 0 unspecified atom stereocenters. The first-order chi connectivity index (χ1) is 9.65. The van der Waals surface area contributed by atoms with Gasteiger partial charge in [-0.05, 0) is 19.1 Å². The van der Waals surface area contributed by atoms with Crippen molar-refractivity contribution in [3.63, 3.8) is 0 Å². The number of benzene rings is 1. The lowest BCUT2D eigenvalue weighted by Crippen LogP contribution is -2.12. The van der Waals surface area contributed by atoms with E-state index in [1.807, 2.05) is 31.2 Å². The van der Waals surface area contributed by atoms with Crippen molar-refractivity contribution in [3.8, 4) is 5.88 Å². The van der Waals surface area contributed by atoms with Crippen LogP contribution in [0.25, 0.3) is 0 Å². The van der Waals surface area contributed by atoms with Gasteiger partial charge in [0.1, 0.15) is 5.82 Å². The minimum absolute atomic E-state index is 0.119. The molecule has 1 aromatic heterocycles. The second kappa shape index (κ2) is 6.16. The molecule has 5 heteroatoms. The molecule has 20 heavy (non-hydrogen) atoms. The predicted molar refractivity (Wildman–Crippen MR) is 83.4 cm³/mol. The maximum atomic E-state index is 9.91. The number of aryl methyl sites for hydroxylation is 1. The van der Waals surface area contributed by atoms with Crippen LogP contribution in [-0.2, 0) is 6.67 Å². The van der Waals surface area contributed by atoms with Crippen LogP contribution in [0.1, 0.15) is 5.56 Å². The van der Waals surface area contributed by atoms with E-state index in [2.05, 4.69) is 17.2 Å².